The summed E-state index contributed by atoms with van der Waals surface area (Å²) in [6.07, 6.45) is 3.47. The van der Waals surface area contributed by atoms with Gasteiger partial charge in [0.1, 0.15) is 0 Å². The van der Waals surface area contributed by atoms with Crippen LogP contribution in [-0.2, 0) is 28.8 Å². The summed E-state index contributed by atoms with van der Waals surface area (Å²) >= 11 is 0. The van der Waals surface area contributed by atoms with Crippen molar-refractivity contribution in [2.45, 2.75) is 76.8 Å². The van der Waals surface area contributed by atoms with Gasteiger partial charge < -0.3 is 19.1 Å². The summed E-state index contributed by atoms with van der Waals surface area (Å²) in [5.74, 6) is 0.556. The van der Waals surface area contributed by atoms with Crippen molar-refractivity contribution in [1.82, 2.24) is 4.90 Å². The number of ether oxygens (including phenoxy) is 3. The average molecular weight is 383 g/mol. The van der Waals surface area contributed by atoms with Crippen molar-refractivity contribution in [3.05, 3.63) is 0 Å². The Morgan fingerprint density at radius 1 is 1.15 bits per heavy atom. The standard InChI is InChI=1S/C20H33NO6/c1-12-6-7-15-13(2)17(23-11-9-16(22)21(4)5)24-18-20(15)14(12)8-10-19(3,25-18)26-27-20/h12-15,17-18H,6-11H2,1-5H3/t12-,13-,14?,15?,17?,18-,19-,20-/m1/s1. The molecular weight excluding hydrogens is 350 g/mol. The Labute approximate surface area is 161 Å². The lowest BCUT2D eigenvalue weighted by molar-refractivity contribution is -0.577. The van der Waals surface area contributed by atoms with Gasteiger partial charge in [-0.1, -0.05) is 13.8 Å². The van der Waals surface area contributed by atoms with Gasteiger partial charge >= 0.3 is 0 Å². The molecule has 1 spiro atoms. The highest BCUT2D eigenvalue weighted by atomic mass is 17.3. The zero-order chi connectivity index (χ0) is 19.4. The SMILES string of the molecule is C[C@H]1C(OCCC(=O)N(C)C)O[C@@H]2O[C@@]3(C)CCC4[C@H](C)CCC1[C@]42OO3. The number of fused-ring (bicyclic) bond motifs is 2. The molecule has 1 amide bonds. The first-order valence-electron chi connectivity index (χ1n) is 10.3. The monoisotopic (exact) mass is 383 g/mol. The second kappa shape index (κ2) is 6.95. The number of carbonyl (C=O) groups excluding carboxylic acids is 1. The van der Waals surface area contributed by atoms with Gasteiger partial charge in [0.15, 0.2) is 18.2 Å². The maximum Gasteiger partial charge on any atom is 0.224 e. The van der Waals surface area contributed by atoms with E-state index in [4.69, 9.17) is 24.0 Å². The highest BCUT2D eigenvalue weighted by molar-refractivity contribution is 5.75. The predicted molar refractivity (Wildman–Crippen MR) is 96.1 cm³/mol. The number of hydrogen-bond acceptors (Lipinski definition) is 6. The van der Waals surface area contributed by atoms with E-state index in [0.29, 0.717) is 24.9 Å². The van der Waals surface area contributed by atoms with Crippen LogP contribution >= 0.6 is 0 Å². The van der Waals surface area contributed by atoms with Gasteiger partial charge in [-0.3, -0.25) is 4.79 Å². The molecule has 4 heterocycles. The second-order valence-electron chi connectivity index (χ2n) is 9.18. The van der Waals surface area contributed by atoms with Crippen molar-refractivity contribution < 1.29 is 28.8 Å². The molecule has 0 aromatic heterocycles. The Morgan fingerprint density at radius 3 is 2.67 bits per heavy atom. The number of carbonyl (C=O) groups is 1. The minimum absolute atomic E-state index is 0.0514. The molecule has 0 radical (unpaired) electrons. The molecule has 5 aliphatic rings. The van der Waals surface area contributed by atoms with E-state index in [2.05, 4.69) is 13.8 Å². The second-order valence-corrected chi connectivity index (χ2v) is 9.18. The molecule has 4 saturated heterocycles. The van der Waals surface area contributed by atoms with E-state index in [1.54, 1.807) is 19.0 Å². The van der Waals surface area contributed by atoms with E-state index in [1.807, 2.05) is 6.92 Å². The molecule has 5 rings (SSSR count). The minimum Gasteiger partial charge on any atom is -0.352 e. The van der Waals surface area contributed by atoms with Crippen LogP contribution in [0.15, 0.2) is 0 Å². The molecule has 3 unspecified atom stereocenters. The van der Waals surface area contributed by atoms with Gasteiger partial charge in [0.25, 0.3) is 0 Å². The summed E-state index contributed by atoms with van der Waals surface area (Å²) in [7, 11) is 3.51. The van der Waals surface area contributed by atoms with E-state index in [1.165, 1.54) is 6.42 Å². The topological polar surface area (TPSA) is 66.5 Å². The van der Waals surface area contributed by atoms with Crippen molar-refractivity contribution in [2.24, 2.45) is 23.7 Å². The molecule has 2 bridgehead atoms. The predicted octanol–water partition coefficient (Wildman–Crippen LogP) is 2.69. The summed E-state index contributed by atoms with van der Waals surface area (Å²) in [5, 5.41) is 0. The van der Waals surface area contributed by atoms with Crippen molar-refractivity contribution in [1.29, 1.82) is 0 Å². The first-order valence-corrected chi connectivity index (χ1v) is 10.3. The molecular formula is C20H33NO6. The van der Waals surface area contributed by atoms with E-state index >= 15 is 0 Å². The molecule has 0 N–H and O–H groups in total. The van der Waals surface area contributed by atoms with Crippen LogP contribution in [0.3, 0.4) is 0 Å². The van der Waals surface area contributed by atoms with Gasteiger partial charge in [0.2, 0.25) is 11.7 Å². The first-order chi connectivity index (χ1) is 12.8. The molecule has 4 aliphatic heterocycles. The Morgan fingerprint density at radius 2 is 1.93 bits per heavy atom. The lowest BCUT2D eigenvalue weighted by Gasteiger charge is -2.60. The molecule has 154 valence electrons. The molecule has 0 aromatic carbocycles. The summed E-state index contributed by atoms with van der Waals surface area (Å²) in [5.41, 5.74) is -0.563. The molecule has 8 atom stereocenters. The van der Waals surface area contributed by atoms with E-state index in [-0.39, 0.29) is 17.7 Å². The van der Waals surface area contributed by atoms with Crippen molar-refractivity contribution in [3.63, 3.8) is 0 Å². The van der Waals surface area contributed by atoms with Gasteiger partial charge in [-0.25, -0.2) is 9.78 Å². The largest absolute Gasteiger partial charge is 0.352 e. The van der Waals surface area contributed by atoms with Crippen LogP contribution in [0.25, 0.3) is 0 Å². The number of hydrogen-bond donors (Lipinski definition) is 0. The molecule has 1 saturated carbocycles. The van der Waals surface area contributed by atoms with Crippen molar-refractivity contribution in [2.75, 3.05) is 20.7 Å². The van der Waals surface area contributed by atoms with Crippen LogP contribution in [0.1, 0.15) is 52.9 Å². The zero-order valence-electron chi connectivity index (χ0n) is 17.1. The van der Waals surface area contributed by atoms with Crippen LogP contribution in [0.2, 0.25) is 0 Å². The van der Waals surface area contributed by atoms with Crippen LogP contribution in [-0.4, -0.2) is 55.5 Å². The fourth-order valence-electron chi connectivity index (χ4n) is 5.55. The number of rotatable bonds is 4. The smallest absolute Gasteiger partial charge is 0.224 e. The Bertz CT molecular complexity index is 585. The molecule has 7 heteroatoms. The van der Waals surface area contributed by atoms with Crippen LogP contribution in [0.4, 0.5) is 0 Å². The Kier molecular flexibility index (Phi) is 5.04. The van der Waals surface area contributed by atoms with E-state index in [0.717, 1.165) is 19.3 Å². The third kappa shape index (κ3) is 3.12. The quantitative estimate of drug-likeness (QED) is 0.696. The molecule has 0 aromatic rings. The fraction of sp³-hybridized carbons (Fsp3) is 0.950. The first kappa shape index (κ1) is 19.6. The number of amides is 1. The highest BCUT2D eigenvalue weighted by Gasteiger charge is 2.69. The summed E-state index contributed by atoms with van der Waals surface area (Å²) in [6, 6.07) is 0. The van der Waals surface area contributed by atoms with Gasteiger partial charge in [-0.05, 0) is 38.0 Å². The Hall–Kier alpha value is -0.730. The third-order valence-corrected chi connectivity index (χ3v) is 7.19. The fourth-order valence-corrected chi connectivity index (χ4v) is 5.55. The van der Waals surface area contributed by atoms with Gasteiger partial charge in [0.05, 0.1) is 13.0 Å². The van der Waals surface area contributed by atoms with Crippen molar-refractivity contribution >= 4 is 5.91 Å². The van der Waals surface area contributed by atoms with Gasteiger partial charge in [0, 0.05) is 32.4 Å². The number of nitrogens with zero attached hydrogens (tertiary/aromatic N) is 1. The molecule has 5 fully saturated rings. The lowest BCUT2D eigenvalue weighted by Crippen LogP contribution is -2.70. The lowest BCUT2D eigenvalue weighted by atomic mass is 9.58. The van der Waals surface area contributed by atoms with Gasteiger partial charge in [-0.2, -0.15) is 0 Å². The van der Waals surface area contributed by atoms with Crippen molar-refractivity contribution in [3.8, 4) is 0 Å². The van der Waals surface area contributed by atoms with E-state index in [9.17, 15) is 4.79 Å². The molecule has 27 heavy (non-hydrogen) atoms. The maximum absolute atomic E-state index is 11.8. The minimum atomic E-state index is -0.774. The van der Waals surface area contributed by atoms with Crippen LogP contribution in [0.5, 0.6) is 0 Å². The van der Waals surface area contributed by atoms with Gasteiger partial charge in [-0.15, -0.1) is 0 Å². The third-order valence-electron chi connectivity index (χ3n) is 7.19. The van der Waals surface area contributed by atoms with Crippen LogP contribution in [0, 0.1) is 23.7 Å². The summed E-state index contributed by atoms with van der Waals surface area (Å²) in [6.45, 7) is 6.72. The highest BCUT2D eigenvalue weighted by Crippen LogP contribution is 2.60. The Balaban J connectivity index is 1.54. The molecule has 7 nitrogen and oxygen atoms in total. The average Bonchev–Trinajstić information content (AvgIpc) is 2.85. The maximum atomic E-state index is 11.8. The normalized spacial score (nSPS) is 48.6. The zero-order valence-corrected chi connectivity index (χ0v) is 17.1. The summed E-state index contributed by atoms with van der Waals surface area (Å²) in [4.78, 5) is 25.3. The van der Waals surface area contributed by atoms with Crippen LogP contribution < -0.4 is 0 Å². The molecule has 1 aliphatic carbocycles. The van der Waals surface area contributed by atoms with E-state index < -0.39 is 24.0 Å². The summed E-state index contributed by atoms with van der Waals surface area (Å²) < 4.78 is 18.6.